The number of hydrogen-bond acceptors (Lipinski definition) is 5. The number of benzene rings is 2. The number of halogens is 2. The number of rotatable bonds is 7. The zero-order valence-electron chi connectivity index (χ0n) is 20.3. The number of piperidine rings is 1. The van der Waals surface area contributed by atoms with Crippen LogP contribution < -0.4 is 5.32 Å². The molecule has 5 rings (SSSR count). The number of nitrogens with zero attached hydrogens (tertiary/aromatic N) is 1. The molecule has 8 heteroatoms. The third-order valence-electron chi connectivity index (χ3n) is 6.96. The van der Waals surface area contributed by atoms with Gasteiger partial charge < -0.3 is 10.1 Å². The van der Waals surface area contributed by atoms with E-state index in [1.807, 2.05) is 23.9 Å². The molecule has 1 aromatic heterocycles. The van der Waals surface area contributed by atoms with Crippen LogP contribution >= 0.6 is 46.3 Å². The van der Waals surface area contributed by atoms with Gasteiger partial charge in [-0.15, -0.1) is 23.1 Å². The molecule has 2 aliphatic rings. The van der Waals surface area contributed by atoms with E-state index in [-0.39, 0.29) is 11.5 Å². The van der Waals surface area contributed by atoms with Gasteiger partial charge in [-0.2, -0.15) is 0 Å². The summed E-state index contributed by atoms with van der Waals surface area (Å²) in [6.07, 6.45) is 2.69. The van der Waals surface area contributed by atoms with Gasteiger partial charge in [0.25, 0.3) is 5.91 Å². The predicted molar refractivity (Wildman–Crippen MR) is 151 cm³/mol. The summed E-state index contributed by atoms with van der Waals surface area (Å²) in [4.78, 5) is 18.7. The first kappa shape index (κ1) is 26.1. The average molecular weight is 562 g/mol. The van der Waals surface area contributed by atoms with Crippen LogP contribution in [0.25, 0.3) is 0 Å². The van der Waals surface area contributed by atoms with Gasteiger partial charge in [0.1, 0.15) is 5.60 Å². The Morgan fingerprint density at radius 3 is 2.64 bits per heavy atom. The Balaban J connectivity index is 1.22. The van der Waals surface area contributed by atoms with Crippen molar-refractivity contribution < 1.29 is 9.53 Å². The lowest BCUT2D eigenvalue weighted by Gasteiger charge is -2.43. The van der Waals surface area contributed by atoms with Gasteiger partial charge in [-0.05, 0) is 72.0 Å². The van der Waals surface area contributed by atoms with E-state index in [2.05, 4.69) is 47.5 Å². The third-order valence-corrected chi connectivity index (χ3v) is 9.80. The van der Waals surface area contributed by atoms with Crippen LogP contribution in [0.5, 0.6) is 0 Å². The van der Waals surface area contributed by atoms with Gasteiger partial charge in [-0.1, -0.05) is 48.3 Å². The highest BCUT2D eigenvalue weighted by Gasteiger charge is 2.42. The SMILES string of the molecule is CCSc1ccc(CNC(=O)c2cc3c(s2)C2(CCN(Cc4ccc(Cl)cc4Cl)CC2)OCC3)cc1. The Morgan fingerprint density at radius 1 is 1.14 bits per heavy atom. The van der Waals surface area contributed by atoms with Gasteiger partial charge in [-0.25, -0.2) is 0 Å². The minimum absolute atomic E-state index is 0.00799. The Kier molecular flexibility index (Phi) is 8.30. The number of likely N-dealkylation sites (tertiary alicyclic amines) is 1. The van der Waals surface area contributed by atoms with Crippen LogP contribution in [0.15, 0.2) is 53.4 Å². The molecule has 0 unspecified atom stereocenters. The van der Waals surface area contributed by atoms with Crippen LogP contribution in [0.3, 0.4) is 0 Å². The molecule has 0 aliphatic carbocycles. The number of nitrogens with one attached hydrogen (secondary N) is 1. The first-order chi connectivity index (χ1) is 17.5. The predicted octanol–water partition coefficient (Wildman–Crippen LogP) is 7.16. The Labute approximate surface area is 231 Å². The maximum Gasteiger partial charge on any atom is 0.261 e. The summed E-state index contributed by atoms with van der Waals surface area (Å²) in [5, 5.41) is 4.47. The summed E-state index contributed by atoms with van der Waals surface area (Å²) in [6, 6.07) is 16.2. The first-order valence-electron chi connectivity index (χ1n) is 12.4. The first-order valence-corrected chi connectivity index (χ1v) is 14.9. The molecule has 190 valence electrons. The quantitative estimate of drug-likeness (QED) is 0.311. The molecule has 0 saturated carbocycles. The summed E-state index contributed by atoms with van der Waals surface area (Å²) in [7, 11) is 0. The lowest BCUT2D eigenvalue weighted by Crippen LogP contribution is -2.45. The molecule has 0 bridgehead atoms. The molecule has 1 spiro atoms. The van der Waals surface area contributed by atoms with Gasteiger partial charge in [0, 0.05) is 46.0 Å². The topological polar surface area (TPSA) is 41.6 Å². The molecule has 1 fully saturated rings. The molecule has 3 aromatic rings. The fraction of sp³-hybridized carbons (Fsp3) is 0.393. The molecule has 36 heavy (non-hydrogen) atoms. The van der Waals surface area contributed by atoms with Crippen molar-refractivity contribution in [3.8, 4) is 0 Å². The Morgan fingerprint density at radius 2 is 1.92 bits per heavy atom. The third kappa shape index (κ3) is 5.79. The molecule has 0 atom stereocenters. The number of thiophene rings is 1. The van der Waals surface area contributed by atoms with Crippen LogP contribution in [0.4, 0.5) is 0 Å². The van der Waals surface area contributed by atoms with Crippen molar-refractivity contribution in [1.29, 1.82) is 0 Å². The van der Waals surface area contributed by atoms with Crippen molar-refractivity contribution in [2.24, 2.45) is 0 Å². The van der Waals surface area contributed by atoms with E-state index >= 15 is 0 Å². The molecular formula is C28H30Cl2N2O2S2. The lowest BCUT2D eigenvalue weighted by molar-refractivity contribution is -0.0960. The van der Waals surface area contributed by atoms with E-state index in [0.29, 0.717) is 23.2 Å². The zero-order valence-corrected chi connectivity index (χ0v) is 23.5. The van der Waals surface area contributed by atoms with Crippen LogP contribution in [0.1, 0.15) is 51.0 Å². The molecule has 0 radical (unpaired) electrons. The Hall–Kier alpha value is -1.54. The van der Waals surface area contributed by atoms with E-state index in [1.54, 1.807) is 17.4 Å². The minimum Gasteiger partial charge on any atom is -0.369 e. The van der Waals surface area contributed by atoms with Crippen LogP contribution in [-0.4, -0.2) is 36.3 Å². The zero-order chi connectivity index (χ0) is 25.1. The minimum atomic E-state index is -0.288. The van der Waals surface area contributed by atoms with E-state index in [1.165, 1.54) is 15.3 Å². The van der Waals surface area contributed by atoms with Gasteiger partial charge in [0.2, 0.25) is 0 Å². The largest absolute Gasteiger partial charge is 0.369 e. The highest BCUT2D eigenvalue weighted by atomic mass is 35.5. The fourth-order valence-electron chi connectivity index (χ4n) is 5.01. The molecule has 1 amide bonds. The van der Waals surface area contributed by atoms with Crippen LogP contribution in [-0.2, 0) is 29.8 Å². The van der Waals surface area contributed by atoms with Crippen LogP contribution in [0, 0.1) is 0 Å². The summed E-state index contributed by atoms with van der Waals surface area (Å²) in [5.41, 5.74) is 3.19. The van der Waals surface area contributed by atoms with E-state index in [4.69, 9.17) is 27.9 Å². The Bertz CT molecular complexity index is 1220. The molecule has 4 nitrogen and oxygen atoms in total. The van der Waals surface area contributed by atoms with E-state index in [0.717, 1.165) is 60.7 Å². The maximum atomic E-state index is 13.0. The number of ether oxygens (including phenoxy) is 1. The smallest absolute Gasteiger partial charge is 0.261 e. The number of amides is 1. The van der Waals surface area contributed by atoms with Crippen LogP contribution in [0.2, 0.25) is 10.0 Å². The number of hydrogen-bond donors (Lipinski definition) is 1. The highest BCUT2D eigenvalue weighted by molar-refractivity contribution is 7.99. The number of carbonyl (C=O) groups excluding carboxylic acids is 1. The maximum absolute atomic E-state index is 13.0. The van der Waals surface area contributed by atoms with Crippen molar-refractivity contribution in [2.45, 2.75) is 49.8 Å². The highest BCUT2D eigenvalue weighted by Crippen LogP contribution is 2.45. The monoisotopic (exact) mass is 560 g/mol. The van der Waals surface area contributed by atoms with Gasteiger partial charge in [-0.3, -0.25) is 9.69 Å². The van der Waals surface area contributed by atoms with Crippen molar-refractivity contribution in [3.05, 3.63) is 85.0 Å². The van der Waals surface area contributed by atoms with E-state index < -0.39 is 0 Å². The lowest BCUT2D eigenvalue weighted by atomic mass is 9.85. The number of fused-ring (bicyclic) bond motifs is 2. The summed E-state index contributed by atoms with van der Waals surface area (Å²) >= 11 is 15.9. The average Bonchev–Trinajstić information content (AvgIpc) is 3.33. The van der Waals surface area contributed by atoms with Gasteiger partial charge in [0.15, 0.2) is 0 Å². The number of carbonyl (C=O) groups is 1. The van der Waals surface area contributed by atoms with Crippen molar-refractivity contribution >= 4 is 52.2 Å². The molecule has 2 aromatic carbocycles. The summed E-state index contributed by atoms with van der Waals surface area (Å²) < 4.78 is 6.43. The van der Waals surface area contributed by atoms with Crippen molar-refractivity contribution in [1.82, 2.24) is 10.2 Å². The molecule has 2 aliphatic heterocycles. The second kappa shape index (κ2) is 11.5. The van der Waals surface area contributed by atoms with Crippen molar-refractivity contribution in [3.63, 3.8) is 0 Å². The molecule has 3 heterocycles. The number of thioether (sulfide) groups is 1. The second-order valence-electron chi connectivity index (χ2n) is 9.33. The fourth-order valence-corrected chi connectivity index (χ4v) is 7.47. The normalized spacial score (nSPS) is 17.2. The van der Waals surface area contributed by atoms with Gasteiger partial charge >= 0.3 is 0 Å². The standard InChI is InChI=1S/C28H30Cl2N2O2S2/c1-2-35-23-7-3-19(4-8-23)17-31-27(33)25-15-20-9-14-34-28(26(20)36-25)10-12-32(13-11-28)18-21-5-6-22(29)16-24(21)30/h3-8,15-16H,2,9-14,17-18H2,1H3,(H,31,33). The molecule has 1 saturated heterocycles. The summed E-state index contributed by atoms with van der Waals surface area (Å²) in [5.74, 6) is 1.05. The van der Waals surface area contributed by atoms with E-state index in [9.17, 15) is 4.79 Å². The summed E-state index contributed by atoms with van der Waals surface area (Å²) in [6.45, 7) is 6.02. The second-order valence-corrected chi connectivity index (χ2v) is 12.6. The molecule has 1 N–H and O–H groups in total. The van der Waals surface area contributed by atoms with Crippen molar-refractivity contribution in [2.75, 3.05) is 25.4 Å². The van der Waals surface area contributed by atoms with Gasteiger partial charge in [0.05, 0.1) is 11.5 Å². The molecular weight excluding hydrogens is 531 g/mol.